The number of imidazole rings is 1. The SMILES string of the molecule is C[C@H](O)c1nc(Cn2cc(-c3ccc(Cl)cc3)n(CC(O)C(F)(F)F)c2=O)nn1-c1cccc(F)c1Cl. The van der Waals surface area contributed by atoms with Crippen molar-refractivity contribution in [1.82, 2.24) is 23.9 Å². The Hall–Kier alpha value is -3.19. The summed E-state index contributed by atoms with van der Waals surface area (Å²) in [6.45, 7) is 0.0402. The highest BCUT2D eigenvalue weighted by molar-refractivity contribution is 6.32. The van der Waals surface area contributed by atoms with Gasteiger partial charge >= 0.3 is 11.9 Å². The molecule has 2 aromatic carbocycles. The Morgan fingerprint density at radius 1 is 1.08 bits per heavy atom. The summed E-state index contributed by atoms with van der Waals surface area (Å²) in [4.78, 5) is 17.4. The molecule has 0 aliphatic rings. The van der Waals surface area contributed by atoms with E-state index >= 15 is 0 Å². The fourth-order valence-corrected chi connectivity index (χ4v) is 3.97. The molecule has 2 atom stereocenters. The van der Waals surface area contributed by atoms with Crippen molar-refractivity contribution in [1.29, 1.82) is 0 Å². The molecule has 2 N–H and O–H groups in total. The lowest BCUT2D eigenvalue weighted by molar-refractivity contribution is -0.207. The minimum atomic E-state index is -4.95. The second kappa shape index (κ2) is 10.3. The van der Waals surface area contributed by atoms with Crippen molar-refractivity contribution in [2.24, 2.45) is 0 Å². The molecule has 14 heteroatoms. The highest BCUT2D eigenvalue weighted by Crippen LogP contribution is 2.27. The highest BCUT2D eigenvalue weighted by Gasteiger charge is 2.39. The average molecular weight is 560 g/mol. The van der Waals surface area contributed by atoms with Gasteiger partial charge in [0.1, 0.15) is 16.9 Å². The van der Waals surface area contributed by atoms with E-state index in [0.717, 1.165) is 19.9 Å². The molecule has 0 radical (unpaired) electrons. The zero-order valence-electron chi connectivity index (χ0n) is 19.0. The predicted octanol–water partition coefficient (Wildman–Crippen LogP) is 4.37. The number of halogens is 6. The van der Waals surface area contributed by atoms with Gasteiger partial charge in [-0.25, -0.2) is 18.9 Å². The van der Waals surface area contributed by atoms with E-state index in [1.807, 2.05) is 0 Å². The molecule has 8 nitrogen and oxygen atoms in total. The first-order valence-corrected chi connectivity index (χ1v) is 11.5. The van der Waals surface area contributed by atoms with E-state index in [4.69, 9.17) is 23.2 Å². The van der Waals surface area contributed by atoms with Gasteiger partial charge in [-0.3, -0.25) is 9.13 Å². The molecular weight excluding hydrogens is 541 g/mol. The molecule has 0 fully saturated rings. The maximum atomic E-state index is 14.0. The second-order valence-corrected chi connectivity index (χ2v) is 8.96. The Morgan fingerprint density at radius 3 is 2.38 bits per heavy atom. The first-order valence-electron chi connectivity index (χ1n) is 10.8. The summed E-state index contributed by atoms with van der Waals surface area (Å²) in [6, 6.07) is 10.0. The van der Waals surface area contributed by atoms with Gasteiger partial charge in [0.25, 0.3) is 0 Å². The first kappa shape index (κ1) is 26.9. The normalized spacial score (nSPS) is 13.6. The van der Waals surface area contributed by atoms with Crippen LogP contribution in [0.4, 0.5) is 17.6 Å². The molecule has 4 rings (SSSR count). The molecule has 1 unspecified atom stereocenters. The Bertz CT molecular complexity index is 1480. The van der Waals surface area contributed by atoms with E-state index in [1.54, 1.807) is 0 Å². The Morgan fingerprint density at radius 2 is 1.76 bits per heavy atom. The van der Waals surface area contributed by atoms with Crippen LogP contribution in [0.25, 0.3) is 16.9 Å². The van der Waals surface area contributed by atoms with Crippen LogP contribution in [0.15, 0.2) is 53.5 Å². The maximum Gasteiger partial charge on any atom is 0.416 e. The Labute approximate surface area is 216 Å². The quantitative estimate of drug-likeness (QED) is 0.328. The topological polar surface area (TPSA) is 98.1 Å². The largest absolute Gasteiger partial charge is 0.416 e. The van der Waals surface area contributed by atoms with E-state index < -0.39 is 36.4 Å². The number of aliphatic hydroxyl groups is 2. The van der Waals surface area contributed by atoms with Gasteiger partial charge in [-0.1, -0.05) is 41.4 Å². The predicted molar refractivity (Wildman–Crippen MR) is 127 cm³/mol. The molecule has 2 heterocycles. The molecule has 4 aromatic rings. The van der Waals surface area contributed by atoms with Gasteiger partial charge in [0.05, 0.1) is 24.5 Å². The van der Waals surface area contributed by atoms with E-state index in [-0.39, 0.29) is 34.6 Å². The van der Waals surface area contributed by atoms with Crippen LogP contribution in [0.1, 0.15) is 24.7 Å². The van der Waals surface area contributed by atoms with Crippen molar-refractivity contribution in [3.63, 3.8) is 0 Å². The third-order valence-electron chi connectivity index (χ3n) is 5.44. The fraction of sp³-hybridized carbons (Fsp3) is 0.261. The number of benzene rings is 2. The number of nitrogens with zero attached hydrogens (tertiary/aromatic N) is 5. The number of hydrogen-bond donors (Lipinski definition) is 2. The summed E-state index contributed by atoms with van der Waals surface area (Å²) >= 11 is 12.0. The number of aromatic nitrogens is 5. The summed E-state index contributed by atoms with van der Waals surface area (Å²) in [5.74, 6) is -0.730. The number of rotatable bonds is 7. The van der Waals surface area contributed by atoms with Crippen LogP contribution < -0.4 is 5.69 Å². The van der Waals surface area contributed by atoms with E-state index in [0.29, 0.717) is 10.6 Å². The van der Waals surface area contributed by atoms with Gasteiger partial charge in [-0.15, -0.1) is 5.10 Å². The third-order valence-corrected chi connectivity index (χ3v) is 6.07. The smallest absolute Gasteiger partial charge is 0.385 e. The maximum absolute atomic E-state index is 14.0. The molecule has 0 saturated heterocycles. The average Bonchev–Trinajstić information content (AvgIpc) is 3.38. The van der Waals surface area contributed by atoms with Crippen LogP contribution in [0, 0.1) is 5.82 Å². The number of alkyl halides is 3. The van der Waals surface area contributed by atoms with Gasteiger partial charge in [0, 0.05) is 11.2 Å². The monoisotopic (exact) mass is 559 g/mol. The van der Waals surface area contributed by atoms with Gasteiger partial charge in [-0.2, -0.15) is 13.2 Å². The van der Waals surface area contributed by atoms with Crippen molar-refractivity contribution < 1.29 is 27.8 Å². The second-order valence-electron chi connectivity index (χ2n) is 8.15. The van der Waals surface area contributed by atoms with Crippen molar-refractivity contribution in [2.75, 3.05) is 0 Å². The molecule has 0 spiro atoms. The Kier molecular flexibility index (Phi) is 7.47. The molecule has 0 amide bonds. The lowest BCUT2D eigenvalue weighted by Gasteiger charge is -2.16. The zero-order valence-corrected chi connectivity index (χ0v) is 20.5. The highest BCUT2D eigenvalue weighted by atomic mass is 35.5. The summed E-state index contributed by atoms with van der Waals surface area (Å²) in [5, 5.41) is 24.2. The third kappa shape index (κ3) is 5.57. The van der Waals surface area contributed by atoms with Crippen LogP contribution in [-0.4, -0.2) is 46.4 Å². The first-order chi connectivity index (χ1) is 17.4. The summed E-state index contributed by atoms with van der Waals surface area (Å²) < 4.78 is 56.2. The summed E-state index contributed by atoms with van der Waals surface area (Å²) in [5.41, 5.74) is -0.305. The van der Waals surface area contributed by atoms with E-state index in [2.05, 4.69) is 10.1 Å². The fourth-order valence-electron chi connectivity index (χ4n) is 3.64. The van der Waals surface area contributed by atoms with Crippen molar-refractivity contribution in [2.45, 2.75) is 38.4 Å². The van der Waals surface area contributed by atoms with Crippen molar-refractivity contribution in [3.8, 4) is 16.9 Å². The van der Waals surface area contributed by atoms with Crippen LogP contribution in [0.2, 0.25) is 10.0 Å². The molecular formula is C23H19Cl2F4N5O3. The summed E-state index contributed by atoms with van der Waals surface area (Å²) in [7, 11) is 0. The van der Waals surface area contributed by atoms with Crippen molar-refractivity contribution >= 4 is 23.2 Å². The zero-order chi connectivity index (χ0) is 27.1. The standard InChI is InChI=1S/C23H19Cl2F4N5O3/c1-12(35)21-30-19(31-34(21)16-4-2-3-15(26)20(16)25)11-32-9-17(13-5-7-14(24)8-6-13)33(22(32)37)10-18(36)23(27,28)29/h2-9,12,18,35-36H,10-11H2,1H3/t12-,18?/m0/s1. The minimum Gasteiger partial charge on any atom is -0.385 e. The molecule has 196 valence electrons. The van der Waals surface area contributed by atoms with Gasteiger partial charge in [0.15, 0.2) is 17.8 Å². The number of hydrogen-bond acceptors (Lipinski definition) is 5. The van der Waals surface area contributed by atoms with E-state index in [1.165, 1.54) is 49.5 Å². The lowest BCUT2D eigenvalue weighted by atomic mass is 10.1. The van der Waals surface area contributed by atoms with Gasteiger partial charge in [0.2, 0.25) is 0 Å². The van der Waals surface area contributed by atoms with Crippen molar-refractivity contribution in [3.05, 3.63) is 86.7 Å². The van der Waals surface area contributed by atoms with Crippen LogP contribution in [0.3, 0.4) is 0 Å². The van der Waals surface area contributed by atoms with Gasteiger partial charge < -0.3 is 10.2 Å². The molecule has 0 bridgehead atoms. The Balaban J connectivity index is 1.79. The lowest BCUT2D eigenvalue weighted by Crippen LogP contribution is -2.37. The number of aliphatic hydroxyl groups excluding tert-OH is 2. The molecule has 2 aromatic heterocycles. The van der Waals surface area contributed by atoms with E-state index in [9.17, 15) is 32.6 Å². The van der Waals surface area contributed by atoms with Crippen LogP contribution in [0.5, 0.6) is 0 Å². The molecule has 37 heavy (non-hydrogen) atoms. The molecule has 0 aliphatic heterocycles. The molecule has 0 saturated carbocycles. The minimum absolute atomic E-state index is 0.000370. The van der Waals surface area contributed by atoms with Gasteiger partial charge in [-0.05, 0) is 36.8 Å². The van der Waals surface area contributed by atoms with Crippen LogP contribution in [-0.2, 0) is 13.1 Å². The summed E-state index contributed by atoms with van der Waals surface area (Å²) in [6.07, 6.45) is -7.60. The van der Waals surface area contributed by atoms with Crippen LogP contribution >= 0.6 is 23.2 Å². The molecule has 0 aliphatic carbocycles.